The number of piperazine rings is 1. The van der Waals surface area contributed by atoms with Crippen LogP contribution < -0.4 is 0 Å². The minimum Gasteiger partial charge on any atom is -0.760 e. The molecule has 1 unspecified atom stereocenters. The Labute approximate surface area is 167 Å². The molecule has 1 amide bonds. The molecule has 0 aromatic carbocycles. The molecule has 0 aliphatic carbocycles. The second kappa shape index (κ2) is 13.6. The van der Waals surface area contributed by atoms with Crippen molar-refractivity contribution in [2.75, 3.05) is 85.1 Å². The summed E-state index contributed by atoms with van der Waals surface area (Å²) in [6, 6.07) is 0. The van der Waals surface area contributed by atoms with Gasteiger partial charge in [-0.25, -0.2) is 4.31 Å². The van der Waals surface area contributed by atoms with Crippen molar-refractivity contribution in [3.05, 3.63) is 0 Å². The predicted octanol–water partition coefficient (Wildman–Crippen LogP) is -0.0897. The van der Waals surface area contributed by atoms with Crippen LogP contribution >= 0.6 is 0 Å². The number of carbonyl (C=O) groups excluding carboxylic acids is 1. The van der Waals surface area contributed by atoms with E-state index in [4.69, 9.17) is 0 Å². The summed E-state index contributed by atoms with van der Waals surface area (Å²) in [5.74, 6) is 0.102. The van der Waals surface area contributed by atoms with Crippen molar-refractivity contribution in [1.82, 2.24) is 23.9 Å². The summed E-state index contributed by atoms with van der Waals surface area (Å²) in [6.45, 7) is 18.5. The van der Waals surface area contributed by atoms with E-state index in [9.17, 15) is 13.6 Å². The van der Waals surface area contributed by atoms with E-state index in [-0.39, 0.29) is 5.91 Å². The maximum atomic E-state index is 12.7. The number of rotatable bonds is 13. The van der Waals surface area contributed by atoms with Crippen LogP contribution in [-0.4, -0.2) is 124 Å². The van der Waals surface area contributed by atoms with Gasteiger partial charge >= 0.3 is 0 Å². The first-order valence-corrected chi connectivity index (χ1v) is 11.3. The van der Waals surface area contributed by atoms with Gasteiger partial charge in [0.2, 0.25) is 5.91 Å². The summed E-state index contributed by atoms with van der Waals surface area (Å²) >= 11 is -2.19. The highest BCUT2D eigenvalue weighted by Gasteiger charge is 2.23. The lowest BCUT2D eigenvalue weighted by atomic mass is 10.3. The summed E-state index contributed by atoms with van der Waals surface area (Å²) in [7, 11) is 0. The summed E-state index contributed by atoms with van der Waals surface area (Å²) in [6.07, 6.45) is 0. The van der Waals surface area contributed by atoms with Crippen LogP contribution in [0, 0.1) is 0 Å². The first kappa shape index (κ1) is 24.5. The number of likely N-dealkylation sites (N-methyl/N-ethyl adjacent to an activating group) is 2. The van der Waals surface area contributed by atoms with Crippen molar-refractivity contribution in [3.8, 4) is 0 Å². The number of carbonyl (C=O) groups is 1. The van der Waals surface area contributed by atoms with Crippen LogP contribution in [0.15, 0.2) is 0 Å². The van der Waals surface area contributed by atoms with Gasteiger partial charge in [0, 0.05) is 63.6 Å². The Balaban J connectivity index is 2.57. The second-order valence-corrected chi connectivity index (χ2v) is 7.81. The average molecular weight is 405 g/mol. The molecule has 0 N–H and O–H groups in total. The Morgan fingerprint density at radius 2 is 1.22 bits per heavy atom. The Kier molecular flexibility index (Phi) is 12.3. The van der Waals surface area contributed by atoms with E-state index < -0.39 is 11.3 Å². The third-order valence-electron chi connectivity index (χ3n) is 5.41. The summed E-state index contributed by atoms with van der Waals surface area (Å²) < 4.78 is 23.4. The zero-order valence-electron chi connectivity index (χ0n) is 17.6. The van der Waals surface area contributed by atoms with Gasteiger partial charge in [-0.15, -0.1) is 0 Å². The van der Waals surface area contributed by atoms with Crippen molar-refractivity contribution in [3.63, 3.8) is 0 Å². The molecule has 1 atom stereocenters. The molecule has 8 nitrogen and oxygen atoms in total. The van der Waals surface area contributed by atoms with E-state index in [0.29, 0.717) is 32.7 Å². The van der Waals surface area contributed by atoms with Crippen LogP contribution in [0.1, 0.15) is 27.7 Å². The van der Waals surface area contributed by atoms with E-state index >= 15 is 0 Å². The maximum Gasteiger partial charge on any atom is 0.236 e. The number of amides is 1. The molecular formula is C18H38N5O3S-. The van der Waals surface area contributed by atoms with Gasteiger partial charge in [0.05, 0.1) is 6.54 Å². The molecule has 0 spiro atoms. The Morgan fingerprint density at radius 3 is 1.59 bits per heavy atom. The van der Waals surface area contributed by atoms with Crippen molar-refractivity contribution >= 4 is 17.2 Å². The van der Waals surface area contributed by atoms with E-state index in [0.717, 1.165) is 52.4 Å². The van der Waals surface area contributed by atoms with Crippen molar-refractivity contribution < 1.29 is 13.6 Å². The average Bonchev–Trinajstić information content (AvgIpc) is 2.69. The van der Waals surface area contributed by atoms with Gasteiger partial charge in [-0.3, -0.25) is 13.9 Å². The Hall–Kier alpha value is -0.580. The van der Waals surface area contributed by atoms with Crippen LogP contribution in [0.3, 0.4) is 0 Å². The minimum absolute atomic E-state index is 0.102. The SMILES string of the molecule is CCN(CC)CCN(CCN(CC)CC)CC(=O)N1CCN(S(=O)[O-])CC1. The van der Waals surface area contributed by atoms with Crippen molar-refractivity contribution in [2.24, 2.45) is 0 Å². The first-order chi connectivity index (χ1) is 12.9. The van der Waals surface area contributed by atoms with Crippen LogP contribution in [0.5, 0.6) is 0 Å². The molecule has 1 fully saturated rings. The normalized spacial score (nSPS) is 17.3. The zero-order chi connectivity index (χ0) is 20.2. The first-order valence-electron chi connectivity index (χ1n) is 10.2. The van der Waals surface area contributed by atoms with E-state index in [2.05, 4.69) is 42.4 Å². The molecule has 0 radical (unpaired) electrons. The van der Waals surface area contributed by atoms with Gasteiger partial charge in [-0.05, 0) is 26.2 Å². The molecule has 1 rings (SSSR count). The second-order valence-electron chi connectivity index (χ2n) is 6.86. The van der Waals surface area contributed by atoms with Crippen LogP contribution in [0.4, 0.5) is 0 Å². The van der Waals surface area contributed by atoms with Gasteiger partial charge in [-0.2, -0.15) is 0 Å². The monoisotopic (exact) mass is 404 g/mol. The van der Waals surface area contributed by atoms with Crippen LogP contribution in [-0.2, 0) is 16.1 Å². The summed E-state index contributed by atoms with van der Waals surface area (Å²) in [5.41, 5.74) is 0. The molecule has 27 heavy (non-hydrogen) atoms. The Morgan fingerprint density at radius 1 is 0.815 bits per heavy atom. The topological polar surface area (TPSA) is 73.4 Å². The maximum absolute atomic E-state index is 12.7. The smallest absolute Gasteiger partial charge is 0.236 e. The lowest BCUT2D eigenvalue weighted by Crippen LogP contribution is -2.52. The Bertz CT molecular complexity index is 423. The summed E-state index contributed by atoms with van der Waals surface area (Å²) in [5, 5.41) is 0. The minimum atomic E-state index is -2.19. The molecule has 1 saturated heterocycles. The van der Waals surface area contributed by atoms with Gasteiger partial charge in [0.1, 0.15) is 0 Å². The molecule has 1 aliphatic rings. The summed E-state index contributed by atoms with van der Waals surface area (Å²) in [4.78, 5) is 21.5. The van der Waals surface area contributed by atoms with E-state index in [1.807, 2.05) is 0 Å². The van der Waals surface area contributed by atoms with Crippen molar-refractivity contribution in [1.29, 1.82) is 0 Å². The van der Waals surface area contributed by atoms with Gasteiger partial charge in [0.15, 0.2) is 0 Å². The molecule has 0 bridgehead atoms. The highest BCUT2D eigenvalue weighted by Crippen LogP contribution is 2.05. The molecule has 0 aromatic heterocycles. The third kappa shape index (κ3) is 8.97. The molecule has 1 aliphatic heterocycles. The number of hydrogen-bond acceptors (Lipinski definition) is 6. The standard InChI is InChI=1S/C18H39N5O3S/c1-5-19(6-2)9-11-21(12-10-20(7-3)8-4)17-18(24)22-13-15-23(16-14-22)27(25)26/h5-17H2,1-4H3,(H,25,26)/p-1. The third-order valence-corrected chi connectivity index (χ3v) is 6.20. The van der Waals surface area contributed by atoms with E-state index in [1.165, 1.54) is 4.31 Å². The molecular weight excluding hydrogens is 366 g/mol. The molecule has 9 heteroatoms. The van der Waals surface area contributed by atoms with Gasteiger partial charge in [-0.1, -0.05) is 27.7 Å². The van der Waals surface area contributed by atoms with Crippen LogP contribution in [0.25, 0.3) is 0 Å². The van der Waals surface area contributed by atoms with Gasteiger partial charge in [0.25, 0.3) is 0 Å². The lowest BCUT2D eigenvalue weighted by Gasteiger charge is -2.36. The van der Waals surface area contributed by atoms with Crippen molar-refractivity contribution in [2.45, 2.75) is 27.7 Å². The van der Waals surface area contributed by atoms with Gasteiger partial charge < -0.3 is 19.3 Å². The van der Waals surface area contributed by atoms with Crippen LogP contribution in [0.2, 0.25) is 0 Å². The molecule has 0 saturated carbocycles. The quantitative estimate of drug-likeness (QED) is 0.400. The number of hydrogen-bond donors (Lipinski definition) is 0. The highest BCUT2D eigenvalue weighted by atomic mass is 32.2. The fraction of sp³-hybridized carbons (Fsp3) is 0.944. The van der Waals surface area contributed by atoms with E-state index in [1.54, 1.807) is 4.90 Å². The lowest BCUT2D eigenvalue weighted by molar-refractivity contribution is -0.133. The number of nitrogens with zero attached hydrogens (tertiary/aromatic N) is 5. The fourth-order valence-corrected chi connectivity index (χ4v) is 3.75. The molecule has 160 valence electrons. The predicted molar refractivity (Wildman–Crippen MR) is 109 cm³/mol. The fourth-order valence-electron chi connectivity index (χ4n) is 3.29. The highest BCUT2D eigenvalue weighted by molar-refractivity contribution is 7.76. The zero-order valence-corrected chi connectivity index (χ0v) is 18.4. The largest absolute Gasteiger partial charge is 0.760 e. The molecule has 0 aromatic rings. The molecule has 1 heterocycles.